The molecule has 0 radical (unpaired) electrons. The highest BCUT2D eigenvalue weighted by Gasteiger charge is 2.22. The van der Waals surface area contributed by atoms with Gasteiger partial charge in [-0.2, -0.15) is 0 Å². The molecule has 0 aliphatic rings. The maximum absolute atomic E-state index is 11.8. The standard InChI is InChI=1S/C7H10BrNO2S2/c1-3-9(2)13(10,11)7-6(8)4-5-12-7/h4-5H,3H2,1-2H3. The van der Waals surface area contributed by atoms with Crippen molar-refractivity contribution in [2.75, 3.05) is 13.6 Å². The van der Waals surface area contributed by atoms with E-state index >= 15 is 0 Å². The molecule has 1 aromatic rings. The Balaban J connectivity index is 3.16. The Labute approximate surface area is 90.6 Å². The van der Waals surface area contributed by atoms with Gasteiger partial charge in [-0.05, 0) is 27.4 Å². The van der Waals surface area contributed by atoms with Crippen molar-refractivity contribution < 1.29 is 8.42 Å². The normalized spacial score (nSPS) is 12.3. The number of halogens is 1. The van der Waals surface area contributed by atoms with Gasteiger partial charge in [0.15, 0.2) is 0 Å². The summed E-state index contributed by atoms with van der Waals surface area (Å²) in [6, 6.07) is 1.74. The number of sulfonamides is 1. The number of thiophene rings is 1. The van der Waals surface area contributed by atoms with Gasteiger partial charge in [0, 0.05) is 18.1 Å². The first-order valence-electron chi connectivity index (χ1n) is 3.69. The van der Waals surface area contributed by atoms with Crippen molar-refractivity contribution in [3.05, 3.63) is 15.9 Å². The van der Waals surface area contributed by atoms with E-state index in [2.05, 4.69) is 15.9 Å². The third kappa shape index (κ3) is 2.12. The molecule has 1 aromatic heterocycles. The van der Waals surface area contributed by atoms with Gasteiger partial charge in [-0.3, -0.25) is 0 Å². The average molecular weight is 284 g/mol. The molecule has 0 unspecified atom stereocenters. The Morgan fingerprint density at radius 1 is 1.62 bits per heavy atom. The van der Waals surface area contributed by atoms with Gasteiger partial charge in [0.1, 0.15) is 4.21 Å². The number of rotatable bonds is 3. The molecule has 0 aliphatic carbocycles. The Bertz CT molecular complexity index is 385. The van der Waals surface area contributed by atoms with Crippen LogP contribution in [0.2, 0.25) is 0 Å². The van der Waals surface area contributed by atoms with Crippen LogP contribution in [-0.4, -0.2) is 26.3 Å². The zero-order chi connectivity index (χ0) is 10.1. The van der Waals surface area contributed by atoms with Gasteiger partial charge in [0.25, 0.3) is 10.0 Å². The zero-order valence-electron chi connectivity index (χ0n) is 7.32. The van der Waals surface area contributed by atoms with Crippen molar-refractivity contribution in [3.63, 3.8) is 0 Å². The topological polar surface area (TPSA) is 37.4 Å². The lowest BCUT2D eigenvalue weighted by molar-refractivity contribution is 0.488. The second-order valence-electron chi connectivity index (χ2n) is 2.48. The first-order chi connectivity index (χ1) is 6.00. The largest absolute Gasteiger partial charge is 0.253 e. The Kier molecular flexibility index (Phi) is 3.50. The van der Waals surface area contributed by atoms with E-state index in [1.807, 2.05) is 0 Å². The van der Waals surface area contributed by atoms with Crippen LogP contribution >= 0.6 is 27.3 Å². The summed E-state index contributed by atoms with van der Waals surface area (Å²) in [4.78, 5) is 0. The van der Waals surface area contributed by atoms with E-state index in [1.54, 1.807) is 25.4 Å². The van der Waals surface area contributed by atoms with Crippen molar-refractivity contribution >= 4 is 37.3 Å². The second-order valence-corrected chi connectivity index (χ2v) is 6.49. The molecule has 0 fully saturated rings. The number of hydrogen-bond acceptors (Lipinski definition) is 3. The van der Waals surface area contributed by atoms with Gasteiger partial charge in [-0.25, -0.2) is 12.7 Å². The molecule has 3 nitrogen and oxygen atoms in total. The lowest BCUT2D eigenvalue weighted by Gasteiger charge is -2.13. The van der Waals surface area contributed by atoms with Crippen LogP contribution in [0.15, 0.2) is 20.1 Å². The molecule has 1 rings (SSSR count). The molecule has 1 heterocycles. The first kappa shape index (κ1) is 11.2. The highest BCUT2D eigenvalue weighted by molar-refractivity contribution is 9.10. The Morgan fingerprint density at radius 3 is 2.62 bits per heavy atom. The van der Waals surface area contributed by atoms with E-state index in [1.165, 1.54) is 15.6 Å². The van der Waals surface area contributed by atoms with Crippen LogP contribution in [0.1, 0.15) is 6.92 Å². The monoisotopic (exact) mass is 283 g/mol. The summed E-state index contributed by atoms with van der Waals surface area (Å²) < 4.78 is 25.8. The molecule has 0 saturated heterocycles. The van der Waals surface area contributed by atoms with Crippen molar-refractivity contribution in [1.29, 1.82) is 0 Å². The van der Waals surface area contributed by atoms with Gasteiger partial charge >= 0.3 is 0 Å². The minimum atomic E-state index is -3.27. The summed E-state index contributed by atoms with van der Waals surface area (Å²) in [5, 5.41) is 1.75. The third-order valence-electron chi connectivity index (χ3n) is 1.67. The first-order valence-corrected chi connectivity index (χ1v) is 6.80. The Hall–Kier alpha value is 0.0900. The SMILES string of the molecule is CCN(C)S(=O)(=O)c1sccc1Br. The average Bonchev–Trinajstić information content (AvgIpc) is 2.50. The van der Waals surface area contributed by atoms with E-state index < -0.39 is 10.0 Å². The fourth-order valence-corrected chi connectivity index (χ4v) is 4.46. The summed E-state index contributed by atoms with van der Waals surface area (Å²) in [6.45, 7) is 2.28. The highest BCUT2D eigenvalue weighted by atomic mass is 79.9. The molecule has 6 heteroatoms. The summed E-state index contributed by atoms with van der Waals surface area (Å²) in [6.07, 6.45) is 0. The number of hydrogen-bond donors (Lipinski definition) is 0. The summed E-state index contributed by atoms with van der Waals surface area (Å²) in [7, 11) is -1.70. The van der Waals surface area contributed by atoms with Gasteiger partial charge in [0.2, 0.25) is 0 Å². The van der Waals surface area contributed by atoms with E-state index in [0.29, 0.717) is 15.2 Å². The zero-order valence-corrected chi connectivity index (χ0v) is 10.5. The van der Waals surface area contributed by atoms with Crippen molar-refractivity contribution in [1.82, 2.24) is 4.31 Å². The van der Waals surface area contributed by atoms with E-state index in [0.717, 1.165) is 0 Å². The van der Waals surface area contributed by atoms with Gasteiger partial charge in [-0.15, -0.1) is 11.3 Å². The molecule has 13 heavy (non-hydrogen) atoms. The third-order valence-corrected chi connectivity index (χ3v) is 6.25. The lowest BCUT2D eigenvalue weighted by atomic mass is 10.7. The molecule has 0 aliphatic heterocycles. The lowest BCUT2D eigenvalue weighted by Crippen LogP contribution is -2.25. The van der Waals surface area contributed by atoms with Crippen LogP contribution in [0, 0.1) is 0 Å². The smallest absolute Gasteiger partial charge is 0.206 e. The van der Waals surface area contributed by atoms with Crippen molar-refractivity contribution in [3.8, 4) is 0 Å². The summed E-state index contributed by atoms with van der Waals surface area (Å²) in [5.74, 6) is 0. The molecular weight excluding hydrogens is 274 g/mol. The molecule has 0 aromatic carbocycles. The fraction of sp³-hybridized carbons (Fsp3) is 0.429. The molecule has 0 atom stereocenters. The molecule has 0 amide bonds. The van der Waals surface area contributed by atoms with Gasteiger partial charge in [-0.1, -0.05) is 6.92 Å². The fourth-order valence-electron chi connectivity index (χ4n) is 0.775. The predicted molar refractivity (Wildman–Crippen MR) is 57.5 cm³/mol. The molecule has 0 bridgehead atoms. The minimum absolute atomic E-state index is 0.372. The van der Waals surface area contributed by atoms with Crippen LogP contribution in [0.25, 0.3) is 0 Å². The van der Waals surface area contributed by atoms with Gasteiger partial charge < -0.3 is 0 Å². The molecular formula is C7H10BrNO2S2. The van der Waals surface area contributed by atoms with E-state index in [-0.39, 0.29) is 0 Å². The van der Waals surface area contributed by atoms with Crippen LogP contribution in [0.5, 0.6) is 0 Å². The van der Waals surface area contributed by atoms with E-state index in [9.17, 15) is 8.42 Å². The highest BCUT2D eigenvalue weighted by Crippen LogP contribution is 2.29. The van der Waals surface area contributed by atoms with E-state index in [4.69, 9.17) is 0 Å². The molecule has 74 valence electrons. The minimum Gasteiger partial charge on any atom is -0.206 e. The van der Waals surface area contributed by atoms with Crippen LogP contribution in [-0.2, 0) is 10.0 Å². The summed E-state index contributed by atoms with van der Waals surface area (Å²) >= 11 is 4.43. The van der Waals surface area contributed by atoms with Crippen LogP contribution < -0.4 is 0 Å². The molecule has 0 N–H and O–H groups in total. The number of nitrogens with zero attached hydrogens (tertiary/aromatic N) is 1. The van der Waals surface area contributed by atoms with Crippen LogP contribution in [0.3, 0.4) is 0 Å². The molecule has 0 saturated carbocycles. The van der Waals surface area contributed by atoms with Gasteiger partial charge in [0.05, 0.1) is 0 Å². The maximum Gasteiger partial charge on any atom is 0.253 e. The molecule has 0 spiro atoms. The predicted octanol–water partition coefficient (Wildman–Crippen LogP) is 2.15. The van der Waals surface area contributed by atoms with Crippen LogP contribution in [0.4, 0.5) is 0 Å². The quantitative estimate of drug-likeness (QED) is 0.853. The second kappa shape index (κ2) is 4.08. The Morgan fingerprint density at radius 2 is 2.23 bits per heavy atom. The van der Waals surface area contributed by atoms with Crippen molar-refractivity contribution in [2.45, 2.75) is 11.1 Å². The maximum atomic E-state index is 11.8. The van der Waals surface area contributed by atoms with Crippen molar-refractivity contribution in [2.24, 2.45) is 0 Å². The summed E-state index contributed by atoms with van der Waals surface area (Å²) in [5.41, 5.74) is 0.